The number of aromatic nitrogens is 2. The van der Waals surface area contributed by atoms with Crippen molar-refractivity contribution in [1.82, 2.24) is 9.55 Å². The number of aliphatic hydroxyl groups excluding tert-OH is 1. The summed E-state index contributed by atoms with van der Waals surface area (Å²) < 4.78 is 7.57. The minimum Gasteiger partial charge on any atom is -0.491 e. The third-order valence-corrected chi connectivity index (χ3v) is 3.17. The first kappa shape index (κ1) is 15.0. The van der Waals surface area contributed by atoms with E-state index in [0.29, 0.717) is 24.5 Å². The Balaban J connectivity index is 2.08. The Labute approximate surface area is 122 Å². The summed E-state index contributed by atoms with van der Waals surface area (Å²) >= 11 is 0. The van der Waals surface area contributed by atoms with Crippen LogP contribution in [0.2, 0.25) is 0 Å². The van der Waals surface area contributed by atoms with Gasteiger partial charge in [-0.05, 0) is 19.9 Å². The van der Waals surface area contributed by atoms with Crippen LogP contribution in [0.15, 0.2) is 30.6 Å². The molecule has 112 valence electrons. The first-order valence-corrected chi connectivity index (χ1v) is 6.56. The van der Waals surface area contributed by atoms with Crippen molar-refractivity contribution < 1.29 is 14.8 Å². The summed E-state index contributed by atoms with van der Waals surface area (Å²) in [6.07, 6.45) is 2.72. The van der Waals surface area contributed by atoms with Crippen LogP contribution in [0.5, 0.6) is 5.75 Å². The molecule has 1 heterocycles. The van der Waals surface area contributed by atoms with Crippen molar-refractivity contribution in [3.8, 4) is 5.75 Å². The van der Waals surface area contributed by atoms with Gasteiger partial charge in [-0.2, -0.15) is 0 Å². The zero-order valence-corrected chi connectivity index (χ0v) is 11.9. The molecular formula is C14H17N3O4. The number of benzene rings is 1. The van der Waals surface area contributed by atoms with Crippen LogP contribution in [-0.4, -0.2) is 26.2 Å². The number of hydrogen-bond acceptors (Lipinski definition) is 5. The smallest absolute Gasteiger partial charge is 0.270 e. The van der Waals surface area contributed by atoms with Crippen molar-refractivity contribution in [1.29, 1.82) is 0 Å². The normalized spacial score (nSPS) is 12.1. The van der Waals surface area contributed by atoms with Gasteiger partial charge in [0.1, 0.15) is 18.2 Å². The Morgan fingerprint density at radius 2 is 2.29 bits per heavy atom. The van der Waals surface area contributed by atoms with Crippen LogP contribution < -0.4 is 4.74 Å². The summed E-state index contributed by atoms with van der Waals surface area (Å²) in [6.45, 7) is 4.44. The molecule has 1 aromatic heterocycles. The molecule has 0 radical (unpaired) electrons. The number of nitrogens with zero attached hydrogens (tertiary/aromatic N) is 3. The molecule has 2 rings (SSSR count). The Morgan fingerprint density at radius 3 is 2.86 bits per heavy atom. The van der Waals surface area contributed by atoms with E-state index in [-0.39, 0.29) is 5.69 Å². The second kappa shape index (κ2) is 6.36. The van der Waals surface area contributed by atoms with Crippen LogP contribution in [0.25, 0.3) is 0 Å². The van der Waals surface area contributed by atoms with E-state index in [4.69, 9.17) is 4.74 Å². The monoisotopic (exact) mass is 291 g/mol. The molecule has 0 aliphatic carbocycles. The number of imidazole rings is 1. The van der Waals surface area contributed by atoms with Gasteiger partial charge >= 0.3 is 0 Å². The first-order chi connectivity index (χ1) is 9.99. The lowest BCUT2D eigenvalue weighted by Gasteiger charge is -2.14. The number of non-ortho nitro benzene ring substituents is 1. The minimum absolute atomic E-state index is 0.0660. The summed E-state index contributed by atoms with van der Waals surface area (Å²) in [6, 6.07) is 4.22. The maximum atomic E-state index is 10.8. The third kappa shape index (κ3) is 3.57. The molecule has 2 aromatic rings. The Morgan fingerprint density at radius 1 is 1.52 bits per heavy atom. The van der Waals surface area contributed by atoms with Crippen LogP contribution in [0.3, 0.4) is 0 Å². The van der Waals surface area contributed by atoms with Crippen molar-refractivity contribution in [2.45, 2.75) is 26.5 Å². The van der Waals surface area contributed by atoms with E-state index in [0.717, 1.165) is 5.82 Å². The molecule has 0 saturated carbocycles. The zero-order chi connectivity index (χ0) is 15.4. The molecule has 0 bridgehead atoms. The summed E-state index contributed by atoms with van der Waals surface area (Å²) in [5.41, 5.74) is 0.343. The van der Waals surface area contributed by atoms with Gasteiger partial charge in [-0.3, -0.25) is 10.1 Å². The molecule has 1 atom stereocenters. The molecule has 21 heavy (non-hydrogen) atoms. The lowest BCUT2D eigenvalue weighted by atomic mass is 10.1. The first-order valence-electron chi connectivity index (χ1n) is 6.56. The fourth-order valence-corrected chi connectivity index (χ4v) is 2.00. The van der Waals surface area contributed by atoms with E-state index in [1.54, 1.807) is 13.1 Å². The Bertz CT molecular complexity index is 637. The van der Waals surface area contributed by atoms with Crippen molar-refractivity contribution in [3.63, 3.8) is 0 Å². The predicted molar refractivity (Wildman–Crippen MR) is 76.2 cm³/mol. The van der Waals surface area contributed by atoms with Crippen LogP contribution in [0.1, 0.15) is 24.4 Å². The third-order valence-electron chi connectivity index (χ3n) is 3.17. The van der Waals surface area contributed by atoms with Gasteiger partial charge in [0.25, 0.3) is 5.69 Å². The SMILES string of the molecule is Cc1nccn1CCOc1ccc([N+](=O)[O-])cc1[C@@H](C)O. The quantitative estimate of drug-likeness (QED) is 0.651. The van der Waals surface area contributed by atoms with E-state index in [1.807, 2.05) is 17.7 Å². The second-order valence-corrected chi connectivity index (χ2v) is 4.67. The molecule has 0 saturated heterocycles. The van der Waals surface area contributed by atoms with E-state index < -0.39 is 11.0 Å². The van der Waals surface area contributed by atoms with E-state index in [9.17, 15) is 15.2 Å². The fraction of sp³-hybridized carbons (Fsp3) is 0.357. The largest absolute Gasteiger partial charge is 0.491 e. The number of nitro groups is 1. The predicted octanol–water partition coefficient (Wildman–Crippen LogP) is 2.23. The van der Waals surface area contributed by atoms with Crippen LogP contribution in [0.4, 0.5) is 5.69 Å². The van der Waals surface area contributed by atoms with Crippen LogP contribution >= 0.6 is 0 Å². The number of aliphatic hydroxyl groups is 1. The topological polar surface area (TPSA) is 90.4 Å². The molecule has 0 unspecified atom stereocenters. The van der Waals surface area contributed by atoms with E-state index in [1.165, 1.54) is 18.2 Å². The van der Waals surface area contributed by atoms with Gasteiger partial charge in [-0.1, -0.05) is 0 Å². The summed E-state index contributed by atoms with van der Waals surface area (Å²) in [7, 11) is 0. The lowest BCUT2D eigenvalue weighted by Crippen LogP contribution is -2.10. The average Bonchev–Trinajstić information content (AvgIpc) is 2.84. The van der Waals surface area contributed by atoms with Crippen molar-refractivity contribution >= 4 is 5.69 Å². The summed E-state index contributed by atoms with van der Waals surface area (Å²) in [5.74, 6) is 1.34. The lowest BCUT2D eigenvalue weighted by molar-refractivity contribution is -0.385. The molecule has 7 heteroatoms. The van der Waals surface area contributed by atoms with Gasteiger partial charge in [-0.15, -0.1) is 0 Å². The van der Waals surface area contributed by atoms with Gasteiger partial charge in [0.05, 0.1) is 17.6 Å². The highest BCUT2D eigenvalue weighted by atomic mass is 16.6. The molecular weight excluding hydrogens is 274 g/mol. The second-order valence-electron chi connectivity index (χ2n) is 4.67. The van der Waals surface area contributed by atoms with Crippen LogP contribution in [-0.2, 0) is 6.54 Å². The van der Waals surface area contributed by atoms with Gasteiger partial charge in [0.15, 0.2) is 0 Å². The average molecular weight is 291 g/mol. The number of aryl methyl sites for hydroxylation is 1. The Kier molecular flexibility index (Phi) is 4.54. The molecule has 0 spiro atoms. The van der Waals surface area contributed by atoms with E-state index >= 15 is 0 Å². The maximum Gasteiger partial charge on any atom is 0.270 e. The number of hydrogen-bond donors (Lipinski definition) is 1. The number of nitro benzene ring substituents is 1. The molecule has 1 aromatic carbocycles. The number of ether oxygens (including phenoxy) is 1. The van der Waals surface area contributed by atoms with Gasteiger partial charge in [0, 0.05) is 30.1 Å². The van der Waals surface area contributed by atoms with Crippen molar-refractivity contribution in [3.05, 3.63) is 52.1 Å². The Hall–Kier alpha value is -2.41. The highest BCUT2D eigenvalue weighted by Gasteiger charge is 2.15. The highest BCUT2D eigenvalue weighted by Crippen LogP contribution is 2.29. The molecule has 0 amide bonds. The van der Waals surface area contributed by atoms with E-state index in [2.05, 4.69) is 4.98 Å². The van der Waals surface area contributed by atoms with Gasteiger partial charge in [0.2, 0.25) is 0 Å². The minimum atomic E-state index is -0.838. The number of rotatable bonds is 6. The van der Waals surface area contributed by atoms with Gasteiger partial charge in [-0.25, -0.2) is 4.98 Å². The molecule has 7 nitrogen and oxygen atoms in total. The standard InChI is InChI=1S/C14H17N3O4/c1-10(18)13-9-12(17(19)20)3-4-14(13)21-8-7-16-6-5-15-11(16)2/h3-6,9-10,18H,7-8H2,1-2H3/t10-/m1/s1. The molecule has 1 N–H and O–H groups in total. The van der Waals surface area contributed by atoms with Crippen LogP contribution in [0, 0.1) is 17.0 Å². The molecule has 0 aliphatic heterocycles. The summed E-state index contributed by atoms with van der Waals surface area (Å²) in [4.78, 5) is 14.4. The zero-order valence-electron chi connectivity index (χ0n) is 11.9. The van der Waals surface area contributed by atoms with Crippen molar-refractivity contribution in [2.24, 2.45) is 0 Å². The molecule has 0 aliphatic rings. The highest BCUT2D eigenvalue weighted by molar-refractivity contribution is 5.44. The molecule has 0 fully saturated rings. The summed E-state index contributed by atoms with van der Waals surface area (Å²) in [5, 5.41) is 20.5. The maximum absolute atomic E-state index is 10.8. The fourth-order valence-electron chi connectivity index (χ4n) is 2.00. The van der Waals surface area contributed by atoms with Gasteiger partial charge < -0.3 is 14.4 Å². The van der Waals surface area contributed by atoms with Crippen molar-refractivity contribution in [2.75, 3.05) is 6.61 Å².